The quantitative estimate of drug-likeness (QED) is 0.729. The lowest BCUT2D eigenvalue weighted by Gasteiger charge is -2.33. The Morgan fingerprint density at radius 3 is 3.04 bits per heavy atom. The summed E-state index contributed by atoms with van der Waals surface area (Å²) in [6.07, 6.45) is 3.84. The summed E-state index contributed by atoms with van der Waals surface area (Å²) in [4.78, 5) is 23.4. The van der Waals surface area contributed by atoms with Gasteiger partial charge in [-0.25, -0.2) is 9.37 Å². The summed E-state index contributed by atoms with van der Waals surface area (Å²) in [5.74, 6) is 0.195. The van der Waals surface area contributed by atoms with Gasteiger partial charge in [0.05, 0.1) is 11.6 Å². The highest BCUT2D eigenvalue weighted by Gasteiger charge is 2.28. The molecule has 0 spiro atoms. The average molecular weight is 383 g/mol. The van der Waals surface area contributed by atoms with Crippen molar-refractivity contribution in [2.75, 3.05) is 18.0 Å². The van der Waals surface area contributed by atoms with Crippen molar-refractivity contribution in [1.29, 1.82) is 0 Å². The van der Waals surface area contributed by atoms with Crippen molar-refractivity contribution in [3.05, 3.63) is 47.7 Å². The predicted octanol–water partition coefficient (Wildman–Crippen LogP) is 2.85. The number of carbonyl (C=O) groups is 1. The Morgan fingerprint density at radius 1 is 1.36 bits per heavy atom. The van der Waals surface area contributed by atoms with Gasteiger partial charge in [0, 0.05) is 25.2 Å². The average Bonchev–Trinajstić information content (AvgIpc) is 3.16. The second-order valence-corrected chi connectivity index (χ2v) is 6.95. The number of nitrogens with zero attached hydrogens (tertiary/aromatic N) is 4. The first-order valence-corrected chi connectivity index (χ1v) is 9.52. The van der Waals surface area contributed by atoms with E-state index in [1.165, 1.54) is 12.4 Å². The summed E-state index contributed by atoms with van der Waals surface area (Å²) in [5.41, 5.74) is 1.77. The maximum atomic E-state index is 13.8. The van der Waals surface area contributed by atoms with Crippen LogP contribution in [0, 0.1) is 11.7 Å². The molecule has 1 atom stereocenters. The van der Waals surface area contributed by atoms with Crippen molar-refractivity contribution in [2.45, 2.75) is 32.7 Å². The predicted molar refractivity (Wildman–Crippen MR) is 102 cm³/mol. The van der Waals surface area contributed by atoms with E-state index in [1.807, 2.05) is 6.92 Å². The highest BCUT2D eigenvalue weighted by molar-refractivity contribution is 5.88. The molecule has 1 aromatic carbocycles. The minimum atomic E-state index is -0.309. The molecule has 1 aliphatic rings. The number of nitrogens with one attached hydrogen (secondary N) is 1. The van der Waals surface area contributed by atoms with Crippen LogP contribution in [0.2, 0.25) is 0 Å². The monoisotopic (exact) mass is 383 g/mol. The molecule has 146 valence electrons. The van der Waals surface area contributed by atoms with Gasteiger partial charge in [-0.15, -0.1) is 0 Å². The lowest BCUT2D eigenvalue weighted by molar-refractivity contribution is -0.125. The fraction of sp³-hybridized carbons (Fsp3) is 0.400. The molecule has 0 radical (unpaired) electrons. The Bertz CT molecular complexity index is 990. The number of aromatic nitrogens is 3. The molecule has 7 nitrogen and oxygen atoms in total. The van der Waals surface area contributed by atoms with Crippen LogP contribution >= 0.6 is 0 Å². The van der Waals surface area contributed by atoms with E-state index in [0.717, 1.165) is 36.3 Å². The number of piperidine rings is 1. The van der Waals surface area contributed by atoms with Gasteiger partial charge in [-0.3, -0.25) is 4.79 Å². The minimum Gasteiger partial charge on any atom is -0.355 e. The topological polar surface area (TPSA) is 84.2 Å². The van der Waals surface area contributed by atoms with Crippen molar-refractivity contribution in [3.8, 4) is 0 Å². The highest BCUT2D eigenvalue weighted by atomic mass is 19.1. The zero-order chi connectivity index (χ0) is 19.5. The fourth-order valence-electron chi connectivity index (χ4n) is 3.66. The number of aryl methyl sites for hydroxylation is 1. The molecule has 1 saturated heterocycles. The fourth-order valence-corrected chi connectivity index (χ4v) is 3.66. The second-order valence-electron chi connectivity index (χ2n) is 6.95. The third-order valence-electron chi connectivity index (χ3n) is 5.16. The molecule has 3 heterocycles. The first-order chi connectivity index (χ1) is 13.7. The van der Waals surface area contributed by atoms with Crippen LogP contribution in [0.25, 0.3) is 11.1 Å². The molecule has 1 amide bonds. The molecule has 3 aromatic rings. The van der Waals surface area contributed by atoms with Gasteiger partial charge >= 0.3 is 0 Å². The number of rotatable bonds is 5. The maximum Gasteiger partial charge on any atom is 0.263 e. The molecule has 0 aliphatic carbocycles. The molecule has 0 bridgehead atoms. The zero-order valence-electron chi connectivity index (χ0n) is 15.7. The normalized spacial score (nSPS) is 17.1. The Balaban J connectivity index is 1.48. The number of benzene rings is 1. The summed E-state index contributed by atoms with van der Waals surface area (Å²) < 4.78 is 19.1. The minimum absolute atomic E-state index is 0.0701. The summed E-state index contributed by atoms with van der Waals surface area (Å²) >= 11 is 0. The summed E-state index contributed by atoms with van der Waals surface area (Å²) in [6, 6.07) is 6.47. The Labute approximate surface area is 161 Å². The third-order valence-corrected chi connectivity index (χ3v) is 5.16. The number of anilines is 1. The summed E-state index contributed by atoms with van der Waals surface area (Å²) in [7, 11) is 0. The number of hydrogen-bond donors (Lipinski definition) is 1. The first kappa shape index (κ1) is 18.3. The van der Waals surface area contributed by atoms with E-state index >= 15 is 0 Å². The van der Waals surface area contributed by atoms with Crippen molar-refractivity contribution in [3.63, 3.8) is 0 Å². The smallest absolute Gasteiger partial charge is 0.263 e. The molecule has 2 aromatic heterocycles. The molecule has 28 heavy (non-hydrogen) atoms. The van der Waals surface area contributed by atoms with Crippen LogP contribution in [0.1, 0.15) is 31.0 Å². The summed E-state index contributed by atoms with van der Waals surface area (Å²) in [6.45, 7) is 3.54. The largest absolute Gasteiger partial charge is 0.355 e. The van der Waals surface area contributed by atoms with Gasteiger partial charge in [0.25, 0.3) is 5.71 Å². The molecular weight excluding hydrogens is 361 g/mol. The van der Waals surface area contributed by atoms with Crippen LogP contribution in [-0.2, 0) is 17.8 Å². The molecule has 1 N–H and O–H groups in total. The first-order valence-electron chi connectivity index (χ1n) is 9.52. The third kappa shape index (κ3) is 3.54. The van der Waals surface area contributed by atoms with Crippen LogP contribution in [0.4, 0.5) is 10.2 Å². The van der Waals surface area contributed by atoms with E-state index in [4.69, 9.17) is 4.52 Å². The number of amides is 1. The Kier molecular flexibility index (Phi) is 5.18. The van der Waals surface area contributed by atoms with Gasteiger partial charge in [0.1, 0.15) is 23.3 Å². The van der Waals surface area contributed by atoms with E-state index < -0.39 is 0 Å². The van der Waals surface area contributed by atoms with Crippen LogP contribution in [-0.4, -0.2) is 34.1 Å². The van der Waals surface area contributed by atoms with Gasteiger partial charge in [-0.05, 0) is 25.3 Å². The van der Waals surface area contributed by atoms with E-state index in [9.17, 15) is 9.18 Å². The number of hydrogen-bond acceptors (Lipinski definition) is 6. The Hall–Kier alpha value is -3.03. The van der Waals surface area contributed by atoms with Gasteiger partial charge in [-0.2, -0.15) is 4.98 Å². The number of carbonyl (C=O) groups excluding carboxylic acids is 1. The van der Waals surface area contributed by atoms with E-state index in [0.29, 0.717) is 24.2 Å². The molecule has 0 unspecified atom stereocenters. The van der Waals surface area contributed by atoms with E-state index in [2.05, 4.69) is 25.3 Å². The molecule has 0 saturated carbocycles. The van der Waals surface area contributed by atoms with Crippen molar-refractivity contribution < 1.29 is 13.7 Å². The van der Waals surface area contributed by atoms with E-state index in [-0.39, 0.29) is 24.2 Å². The van der Waals surface area contributed by atoms with Gasteiger partial charge in [0.15, 0.2) is 0 Å². The van der Waals surface area contributed by atoms with Crippen molar-refractivity contribution >= 4 is 22.8 Å². The lowest BCUT2D eigenvalue weighted by atomic mass is 9.96. The van der Waals surface area contributed by atoms with Gasteiger partial charge in [0.2, 0.25) is 5.91 Å². The summed E-state index contributed by atoms with van der Waals surface area (Å²) in [5, 5.41) is 7.76. The lowest BCUT2D eigenvalue weighted by Crippen LogP contribution is -2.43. The second kappa shape index (κ2) is 7.92. The van der Waals surface area contributed by atoms with Crippen molar-refractivity contribution in [2.24, 2.45) is 5.92 Å². The molecule has 1 aliphatic heterocycles. The molecular formula is C20H22FN5O2. The van der Waals surface area contributed by atoms with Crippen molar-refractivity contribution in [1.82, 2.24) is 20.4 Å². The van der Waals surface area contributed by atoms with Gasteiger partial charge < -0.3 is 14.7 Å². The SMILES string of the molecule is CCc1noc2ncnc(N3CCC[C@@H](C(=O)NCc4ccccc4F)C3)c12. The van der Waals surface area contributed by atoms with Crippen LogP contribution in [0.3, 0.4) is 0 Å². The molecule has 4 rings (SSSR count). The van der Waals surface area contributed by atoms with E-state index in [1.54, 1.807) is 18.2 Å². The zero-order valence-corrected chi connectivity index (χ0v) is 15.7. The molecule has 8 heteroatoms. The number of fused-ring (bicyclic) bond motifs is 1. The van der Waals surface area contributed by atoms with Crippen LogP contribution in [0.15, 0.2) is 35.1 Å². The van der Waals surface area contributed by atoms with Crippen LogP contribution in [0.5, 0.6) is 0 Å². The number of halogens is 1. The van der Waals surface area contributed by atoms with Gasteiger partial charge in [-0.1, -0.05) is 30.3 Å². The highest BCUT2D eigenvalue weighted by Crippen LogP contribution is 2.30. The van der Waals surface area contributed by atoms with Crippen LogP contribution < -0.4 is 10.2 Å². The Morgan fingerprint density at radius 2 is 2.21 bits per heavy atom. The maximum absolute atomic E-state index is 13.8. The standard InChI is InChI=1S/C20H22FN5O2/c1-2-16-17-18(23-12-24-20(17)28-25-16)26-9-5-7-14(11-26)19(27)22-10-13-6-3-4-8-15(13)21/h3-4,6,8,12,14H,2,5,7,9-11H2,1H3,(H,22,27)/t14-/m1/s1. The molecule has 1 fully saturated rings.